The van der Waals surface area contributed by atoms with Gasteiger partial charge in [-0.2, -0.15) is 13.2 Å². The highest BCUT2D eigenvalue weighted by molar-refractivity contribution is 5.95. The molecule has 2 aliphatic rings. The summed E-state index contributed by atoms with van der Waals surface area (Å²) in [5, 5.41) is 13.4. The van der Waals surface area contributed by atoms with Crippen molar-refractivity contribution in [3.63, 3.8) is 0 Å². The van der Waals surface area contributed by atoms with Gasteiger partial charge in [-0.05, 0) is 24.5 Å². The van der Waals surface area contributed by atoms with Crippen molar-refractivity contribution >= 4 is 11.7 Å². The van der Waals surface area contributed by atoms with E-state index in [0.717, 1.165) is 12.8 Å². The Labute approximate surface area is 168 Å². The van der Waals surface area contributed by atoms with Crippen molar-refractivity contribution in [3.05, 3.63) is 57.8 Å². The summed E-state index contributed by atoms with van der Waals surface area (Å²) in [4.78, 5) is 28.1. The molecular weight excluding hydrogens is 401 g/mol. The molecule has 2 aromatic rings. The molecule has 30 heavy (non-hydrogen) atoms. The topological polar surface area (TPSA) is 96.2 Å². The number of anilines is 1. The fourth-order valence-corrected chi connectivity index (χ4v) is 3.21. The van der Waals surface area contributed by atoms with Crippen LogP contribution in [0.4, 0.5) is 23.7 Å². The first kappa shape index (κ1) is 20.0. The van der Waals surface area contributed by atoms with E-state index in [4.69, 9.17) is 5.11 Å². The zero-order chi connectivity index (χ0) is 21.5. The van der Waals surface area contributed by atoms with Crippen LogP contribution in [0.25, 0.3) is 0 Å². The lowest BCUT2D eigenvalue weighted by molar-refractivity contribution is -0.178. The molecule has 1 saturated carbocycles. The molecule has 4 rings (SSSR count). The van der Waals surface area contributed by atoms with Crippen LogP contribution in [-0.4, -0.2) is 26.9 Å². The van der Waals surface area contributed by atoms with Crippen LogP contribution in [0, 0.1) is 17.8 Å². The standard InChI is InChI=1S/C20H17F3N4O3/c21-20(22,23)19(6-5-12-1-2-12)15-4-3-13(7-16(15)25-18(30)26-19)9-27-11-24-14(10-28)8-17(27)29/h3-4,7-8,11-12,28H,1-2,9-10H2,(H2,25,26,30)/t19-/m0/s1. The summed E-state index contributed by atoms with van der Waals surface area (Å²) in [5.74, 6) is 4.82. The van der Waals surface area contributed by atoms with E-state index in [1.807, 2.05) is 5.32 Å². The van der Waals surface area contributed by atoms with Gasteiger partial charge in [0, 0.05) is 23.2 Å². The summed E-state index contributed by atoms with van der Waals surface area (Å²) in [6, 6.07) is 4.26. The number of carbonyl (C=O) groups excluding carboxylic acids is 1. The van der Waals surface area contributed by atoms with E-state index in [2.05, 4.69) is 22.1 Å². The van der Waals surface area contributed by atoms with Gasteiger partial charge in [0.15, 0.2) is 0 Å². The van der Waals surface area contributed by atoms with E-state index in [9.17, 15) is 22.8 Å². The Balaban J connectivity index is 1.74. The smallest absolute Gasteiger partial charge is 0.390 e. The first-order valence-electron chi connectivity index (χ1n) is 9.20. The van der Waals surface area contributed by atoms with Gasteiger partial charge in [0.1, 0.15) is 0 Å². The first-order valence-corrected chi connectivity index (χ1v) is 9.20. The number of alkyl halides is 3. The minimum Gasteiger partial charge on any atom is -0.390 e. The number of aliphatic hydroxyl groups is 1. The van der Waals surface area contributed by atoms with Crippen molar-refractivity contribution in [1.82, 2.24) is 14.9 Å². The molecule has 2 heterocycles. The summed E-state index contributed by atoms with van der Waals surface area (Å²) in [6.45, 7) is -0.351. The fraction of sp³-hybridized carbons (Fsp3) is 0.350. The maximum Gasteiger partial charge on any atom is 0.427 e. The van der Waals surface area contributed by atoms with Crippen LogP contribution in [0.3, 0.4) is 0 Å². The van der Waals surface area contributed by atoms with Crippen LogP contribution in [0.1, 0.15) is 29.7 Å². The normalized spacial score (nSPS) is 20.5. The maximum atomic E-state index is 14.1. The summed E-state index contributed by atoms with van der Waals surface area (Å²) in [5.41, 5.74) is -2.74. The molecule has 0 spiro atoms. The van der Waals surface area contributed by atoms with E-state index in [0.29, 0.717) is 5.56 Å². The fourth-order valence-electron chi connectivity index (χ4n) is 3.21. The predicted octanol–water partition coefficient (Wildman–Crippen LogP) is 2.09. The number of hydrogen-bond acceptors (Lipinski definition) is 4. The Morgan fingerprint density at radius 3 is 2.67 bits per heavy atom. The highest BCUT2D eigenvalue weighted by Crippen LogP contribution is 2.44. The number of urea groups is 1. The number of carbonyl (C=O) groups is 1. The lowest BCUT2D eigenvalue weighted by atomic mass is 9.85. The lowest BCUT2D eigenvalue weighted by Crippen LogP contribution is -2.59. The Kier molecular flexibility index (Phi) is 4.78. The number of amides is 2. The van der Waals surface area contributed by atoms with E-state index in [-0.39, 0.29) is 36.0 Å². The monoisotopic (exact) mass is 418 g/mol. The molecule has 10 heteroatoms. The summed E-state index contributed by atoms with van der Waals surface area (Å²) in [7, 11) is 0. The summed E-state index contributed by atoms with van der Waals surface area (Å²) in [6.07, 6.45) is -2.09. The Morgan fingerprint density at radius 2 is 2.03 bits per heavy atom. The number of halogens is 3. The second kappa shape index (κ2) is 7.18. The molecule has 1 atom stereocenters. The highest BCUT2D eigenvalue weighted by atomic mass is 19.4. The highest BCUT2D eigenvalue weighted by Gasteiger charge is 2.59. The average Bonchev–Trinajstić information content (AvgIpc) is 3.51. The van der Waals surface area contributed by atoms with Gasteiger partial charge in [0.05, 0.1) is 25.2 Å². The molecule has 1 fully saturated rings. The number of aliphatic hydroxyl groups excluding tert-OH is 1. The molecule has 3 N–H and O–H groups in total. The number of aromatic nitrogens is 2. The van der Waals surface area contributed by atoms with Crippen LogP contribution in [0.2, 0.25) is 0 Å². The summed E-state index contributed by atoms with van der Waals surface area (Å²) >= 11 is 0. The van der Waals surface area contributed by atoms with E-state index < -0.39 is 23.3 Å². The van der Waals surface area contributed by atoms with Gasteiger partial charge < -0.3 is 15.7 Å². The van der Waals surface area contributed by atoms with Gasteiger partial charge in [0.25, 0.3) is 5.56 Å². The number of nitrogens with one attached hydrogen (secondary N) is 2. The molecule has 1 aliphatic heterocycles. The molecular formula is C20H17F3N4O3. The average molecular weight is 418 g/mol. The molecule has 2 amide bonds. The number of fused-ring (bicyclic) bond motifs is 1. The minimum atomic E-state index is -4.83. The zero-order valence-electron chi connectivity index (χ0n) is 15.6. The van der Waals surface area contributed by atoms with Gasteiger partial charge in [-0.1, -0.05) is 24.0 Å². The van der Waals surface area contributed by atoms with Crippen molar-refractivity contribution in [1.29, 1.82) is 0 Å². The number of benzene rings is 1. The van der Waals surface area contributed by atoms with Gasteiger partial charge >= 0.3 is 12.2 Å². The minimum absolute atomic E-state index is 0.0216. The summed E-state index contributed by atoms with van der Waals surface area (Å²) < 4.78 is 43.5. The first-order chi connectivity index (χ1) is 14.2. The van der Waals surface area contributed by atoms with Crippen molar-refractivity contribution in [2.45, 2.75) is 37.7 Å². The third-order valence-corrected chi connectivity index (χ3v) is 4.95. The third-order valence-electron chi connectivity index (χ3n) is 4.95. The molecule has 156 valence electrons. The Hall–Kier alpha value is -3.32. The molecule has 0 bridgehead atoms. The van der Waals surface area contributed by atoms with Gasteiger partial charge in [0.2, 0.25) is 5.54 Å². The largest absolute Gasteiger partial charge is 0.427 e. The molecule has 0 saturated heterocycles. The molecule has 1 aliphatic carbocycles. The van der Waals surface area contributed by atoms with Crippen molar-refractivity contribution in [2.24, 2.45) is 5.92 Å². The van der Waals surface area contributed by atoms with Crippen molar-refractivity contribution in [3.8, 4) is 11.8 Å². The zero-order valence-corrected chi connectivity index (χ0v) is 15.6. The molecule has 0 radical (unpaired) electrons. The number of hydrogen-bond donors (Lipinski definition) is 3. The van der Waals surface area contributed by atoms with E-state index >= 15 is 0 Å². The molecule has 7 nitrogen and oxygen atoms in total. The van der Waals surface area contributed by atoms with Gasteiger partial charge in [-0.15, -0.1) is 0 Å². The number of rotatable bonds is 3. The second-order valence-electron chi connectivity index (χ2n) is 7.25. The number of nitrogens with zero attached hydrogens (tertiary/aromatic N) is 2. The van der Waals surface area contributed by atoms with Crippen LogP contribution < -0.4 is 16.2 Å². The molecule has 1 aromatic carbocycles. The SMILES string of the molecule is O=C1Nc2cc(Cn3cnc(CO)cc3=O)ccc2[C@@](C#CC2CC2)(C(F)(F)F)N1. The van der Waals surface area contributed by atoms with Crippen LogP contribution in [0.5, 0.6) is 0 Å². The van der Waals surface area contributed by atoms with Crippen molar-refractivity contribution in [2.75, 3.05) is 5.32 Å². The van der Waals surface area contributed by atoms with Gasteiger partial charge in [-0.3, -0.25) is 9.36 Å². The quantitative estimate of drug-likeness (QED) is 0.665. The van der Waals surface area contributed by atoms with Crippen molar-refractivity contribution < 1.29 is 23.1 Å². The van der Waals surface area contributed by atoms with E-state index in [1.54, 1.807) is 0 Å². The molecule has 0 unspecified atom stereocenters. The van der Waals surface area contributed by atoms with Crippen LogP contribution in [-0.2, 0) is 18.7 Å². The maximum absolute atomic E-state index is 14.1. The lowest BCUT2D eigenvalue weighted by Gasteiger charge is -2.37. The third kappa shape index (κ3) is 3.64. The van der Waals surface area contributed by atoms with E-state index in [1.165, 1.54) is 35.2 Å². The molecule has 1 aromatic heterocycles. The second-order valence-corrected chi connectivity index (χ2v) is 7.25. The predicted molar refractivity (Wildman–Crippen MR) is 100 cm³/mol. The van der Waals surface area contributed by atoms with Gasteiger partial charge in [-0.25, -0.2) is 9.78 Å². The van der Waals surface area contributed by atoms with Crippen LogP contribution in [0.15, 0.2) is 35.4 Å². The Bertz CT molecular complexity index is 1130. The Morgan fingerprint density at radius 1 is 1.27 bits per heavy atom. The van der Waals surface area contributed by atoms with Crippen LogP contribution >= 0.6 is 0 Å².